The lowest BCUT2D eigenvalue weighted by Gasteiger charge is -2.22. The number of hydrogen-bond donors (Lipinski definition) is 0. The van der Waals surface area contributed by atoms with Gasteiger partial charge in [-0.25, -0.2) is 9.48 Å². The van der Waals surface area contributed by atoms with E-state index in [4.69, 9.17) is 58.5 Å². The lowest BCUT2D eigenvalue weighted by molar-refractivity contribution is -0.0152. The molecule has 0 N–H and O–H groups in total. The number of aromatic nitrogens is 2. The summed E-state index contributed by atoms with van der Waals surface area (Å²) in [6.07, 6.45) is 9.20. The number of allylic oxidation sites excluding steroid dienone is 2. The predicted molar refractivity (Wildman–Crippen MR) is 177 cm³/mol. The molecule has 0 amide bonds. The van der Waals surface area contributed by atoms with Crippen LogP contribution in [-0.4, -0.2) is 36.6 Å². The summed E-state index contributed by atoms with van der Waals surface area (Å²) in [6, 6.07) is 12.5. The number of nitrogens with zero attached hydrogens (tertiary/aromatic N) is 2. The van der Waals surface area contributed by atoms with Crippen molar-refractivity contribution in [3.8, 4) is 16.9 Å². The zero-order valence-electron chi connectivity index (χ0n) is 26.1. The van der Waals surface area contributed by atoms with Crippen LogP contribution in [0, 0.1) is 6.92 Å². The smallest absolute Gasteiger partial charge is 0.369 e. The second-order valence-corrected chi connectivity index (χ2v) is 12.0. The highest BCUT2D eigenvalue weighted by molar-refractivity contribution is 6.35. The van der Waals surface area contributed by atoms with E-state index in [0.717, 1.165) is 74.8 Å². The van der Waals surface area contributed by atoms with Crippen molar-refractivity contribution >= 4 is 40.8 Å². The van der Waals surface area contributed by atoms with Crippen molar-refractivity contribution in [3.63, 3.8) is 0 Å². The van der Waals surface area contributed by atoms with Crippen molar-refractivity contribution in [1.82, 2.24) is 9.78 Å². The van der Waals surface area contributed by atoms with Crippen LogP contribution in [0.1, 0.15) is 80.8 Å². The first kappa shape index (κ1) is 34.5. The molecular weight excluding hydrogens is 639 g/mol. The van der Waals surface area contributed by atoms with Gasteiger partial charge in [-0.05, 0) is 57.0 Å². The SMILES string of the molecule is COC1=C(OC)OC(CCCCCCCCCCOC(=O)c2nn(-c3ccc(Cl)cc3Cl)c(-c3ccc(Cl)cc3)c2C)=C(C)O1. The molecular formula is C34H39Cl3N2O6. The van der Waals surface area contributed by atoms with Gasteiger partial charge in [0.1, 0.15) is 11.5 Å². The molecule has 0 spiro atoms. The van der Waals surface area contributed by atoms with Crippen LogP contribution in [0.3, 0.4) is 0 Å². The van der Waals surface area contributed by atoms with Gasteiger partial charge in [-0.15, -0.1) is 0 Å². The first-order valence-electron chi connectivity index (χ1n) is 15.1. The molecule has 3 aromatic rings. The number of benzene rings is 2. The van der Waals surface area contributed by atoms with Gasteiger partial charge in [-0.3, -0.25) is 0 Å². The van der Waals surface area contributed by atoms with Gasteiger partial charge >= 0.3 is 17.9 Å². The Morgan fingerprint density at radius 3 is 2.04 bits per heavy atom. The summed E-state index contributed by atoms with van der Waals surface area (Å²) in [6.45, 7) is 4.05. The number of hydrogen-bond acceptors (Lipinski definition) is 7. The monoisotopic (exact) mass is 676 g/mol. The molecule has 1 aliphatic heterocycles. The minimum Gasteiger partial charge on any atom is -0.463 e. The molecule has 11 heteroatoms. The zero-order valence-corrected chi connectivity index (χ0v) is 28.4. The molecule has 0 unspecified atom stereocenters. The Kier molecular flexibility index (Phi) is 12.9. The van der Waals surface area contributed by atoms with Gasteiger partial charge in [0.2, 0.25) is 0 Å². The highest BCUT2D eigenvalue weighted by atomic mass is 35.5. The second kappa shape index (κ2) is 16.8. The van der Waals surface area contributed by atoms with E-state index in [1.54, 1.807) is 35.0 Å². The van der Waals surface area contributed by atoms with Crippen LogP contribution in [0.15, 0.2) is 65.9 Å². The van der Waals surface area contributed by atoms with Crippen LogP contribution in [-0.2, 0) is 23.7 Å². The Balaban J connectivity index is 1.20. The third kappa shape index (κ3) is 9.12. The number of unbranched alkanes of at least 4 members (excludes halogenated alkanes) is 7. The van der Waals surface area contributed by atoms with Crippen LogP contribution in [0.2, 0.25) is 15.1 Å². The van der Waals surface area contributed by atoms with Crippen molar-refractivity contribution < 1.29 is 28.5 Å². The van der Waals surface area contributed by atoms with E-state index < -0.39 is 5.97 Å². The summed E-state index contributed by atoms with van der Waals surface area (Å²) in [5, 5.41) is 6.17. The molecule has 1 aliphatic rings. The normalized spacial score (nSPS) is 13.0. The van der Waals surface area contributed by atoms with Gasteiger partial charge in [-0.1, -0.05) is 85.5 Å². The fourth-order valence-corrected chi connectivity index (χ4v) is 5.70. The number of methoxy groups -OCH3 is 2. The van der Waals surface area contributed by atoms with Crippen molar-refractivity contribution in [2.24, 2.45) is 0 Å². The van der Waals surface area contributed by atoms with Crippen LogP contribution >= 0.6 is 34.8 Å². The van der Waals surface area contributed by atoms with E-state index in [-0.39, 0.29) is 17.6 Å². The summed E-state index contributed by atoms with van der Waals surface area (Å²) >= 11 is 18.8. The topological polar surface area (TPSA) is 81.0 Å². The molecule has 1 aromatic heterocycles. The van der Waals surface area contributed by atoms with Gasteiger partial charge < -0.3 is 23.7 Å². The standard InChI is InChI=1S/C34H39Cl3N2O6/c1-22-30(38-39(28-19-18-26(36)21-27(28)37)31(22)24-14-16-25(35)17-15-24)32(40)43-20-12-10-8-6-5-7-9-11-13-29-23(2)44-33(41-3)34(42-4)45-29/h14-19,21H,5-13,20H2,1-4H3. The molecule has 45 heavy (non-hydrogen) atoms. The maximum atomic E-state index is 13.1. The summed E-state index contributed by atoms with van der Waals surface area (Å²) in [5.41, 5.74) is 3.12. The molecule has 0 fully saturated rings. The summed E-state index contributed by atoms with van der Waals surface area (Å²) in [4.78, 5) is 13.1. The van der Waals surface area contributed by atoms with E-state index >= 15 is 0 Å². The second-order valence-electron chi connectivity index (χ2n) is 10.7. The Morgan fingerprint density at radius 1 is 0.800 bits per heavy atom. The first-order chi connectivity index (χ1) is 21.7. The van der Waals surface area contributed by atoms with Crippen molar-refractivity contribution in [1.29, 1.82) is 0 Å². The summed E-state index contributed by atoms with van der Waals surface area (Å²) in [7, 11) is 3.04. The Bertz CT molecular complexity index is 1530. The minimum absolute atomic E-state index is 0.238. The van der Waals surface area contributed by atoms with E-state index in [9.17, 15) is 4.79 Å². The number of rotatable bonds is 16. The molecule has 0 aliphatic carbocycles. The molecule has 8 nitrogen and oxygen atoms in total. The number of carbonyl (C=O) groups is 1. The maximum Gasteiger partial charge on any atom is 0.369 e. The Labute approximate surface area is 279 Å². The van der Waals surface area contributed by atoms with Gasteiger partial charge in [-0.2, -0.15) is 5.10 Å². The maximum absolute atomic E-state index is 13.1. The van der Waals surface area contributed by atoms with Gasteiger partial charge in [0, 0.05) is 27.6 Å². The van der Waals surface area contributed by atoms with E-state index in [1.165, 1.54) is 14.2 Å². The van der Waals surface area contributed by atoms with Crippen LogP contribution < -0.4 is 0 Å². The fraction of sp³-hybridized carbons (Fsp3) is 0.412. The molecule has 0 saturated heterocycles. The Hall–Kier alpha value is -3.33. The van der Waals surface area contributed by atoms with Gasteiger partial charge in [0.15, 0.2) is 5.69 Å². The number of carbonyl (C=O) groups excluding carboxylic acids is 1. The highest BCUT2D eigenvalue weighted by Gasteiger charge is 2.25. The van der Waals surface area contributed by atoms with Gasteiger partial charge in [0.25, 0.3) is 0 Å². The fourth-order valence-electron chi connectivity index (χ4n) is 5.09. The lowest BCUT2D eigenvalue weighted by Crippen LogP contribution is -2.12. The number of esters is 1. The molecule has 0 saturated carbocycles. The minimum atomic E-state index is -0.462. The quantitative estimate of drug-likeness (QED) is 0.110. The summed E-state index contributed by atoms with van der Waals surface area (Å²) < 4.78 is 29.0. The molecule has 2 heterocycles. The molecule has 0 atom stereocenters. The van der Waals surface area contributed by atoms with Crippen molar-refractivity contribution in [2.45, 2.75) is 71.6 Å². The van der Waals surface area contributed by atoms with E-state index in [1.807, 2.05) is 26.0 Å². The van der Waals surface area contributed by atoms with Crippen LogP contribution in [0.25, 0.3) is 16.9 Å². The van der Waals surface area contributed by atoms with Crippen molar-refractivity contribution in [3.05, 3.63) is 92.2 Å². The average molecular weight is 678 g/mol. The van der Waals surface area contributed by atoms with Gasteiger partial charge in [0.05, 0.1) is 37.2 Å². The largest absolute Gasteiger partial charge is 0.463 e. The van der Waals surface area contributed by atoms with Crippen molar-refractivity contribution in [2.75, 3.05) is 20.8 Å². The lowest BCUT2D eigenvalue weighted by atomic mass is 10.1. The number of ether oxygens (including phenoxy) is 5. The molecule has 2 aromatic carbocycles. The van der Waals surface area contributed by atoms with Crippen LogP contribution in [0.5, 0.6) is 0 Å². The van der Waals surface area contributed by atoms with Crippen LogP contribution in [0.4, 0.5) is 0 Å². The Morgan fingerprint density at radius 2 is 1.40 bits per heavy atom. The third-order valence-corrected chi connectivity index (χ3v) is 8.28. The van der Waals surface area contributed by atoms with E-state index in [2.05, 4.69) is 5.10 Å². The highest BCUT2D eigenvalue weighted by Crippen LogP contribution is 2.34. The average Bonchev–Trinajstić information content (AvgIpc) is 3.37. The molecule has 4 rings (SSSR count). The molecule has 0 radical (unpaired) electrons. The predicted octanol–water partition coefficient (Wildman–Crippen LogP) is 10.2. The van der Waals surface area contributed by atoms with E-state index in [0.29, 0.717) is 38.7 Å². The number of halogens is 3. The first-order valence-corrected chi connectivity index (χ1v) is 16.2. The molecule has 0 bridgehead atoms. The zero-order chi connectivity index (χ0) is 32.3. The summed E-state index contributed by atoms with van der Waals surface area (Å²) in [5.74, 6) is 1.50. The third-order valence-electron chi connectivity index (χ3n) is 7.49. The molecule has 242 valence electrons.